The molecule has 2 fully saturated rings. The summed E-state index contributed by atoms with van der Waals surface area (Å²) in [5, 5.41) is 3.49. The fourth-order valence-electron chi connectivity index (χ4n) is 2.56. The Hall–Kier alpha value is -0.570. The smallest absolute Gasteiger partial charge is 0.222 e. The monoisotopic (exact) mass is 238 g/mol. The van der Waals surface area contributed by atoms with Gasteiger partial charge < -0.3 is 10.2 Å². The molecule has 0 aromatic heterocycles. The molecule has 0 aromatic carbocycles. The molecule has 0 spiro atoms. The van der Waals surface area contributed by atoms with Gasteiger partial charge in [-0.25, -0.2) is 0 Å². The molecule has 0 radical (unpaired) electrons. The first-order valence-electron chi connectivity index (χ1n) is 7.16. The summed E-state index contributed by atoms with van der Waals surface area (Å²) in [6.07, 6.45) is 5.81. The van der Waals surface area contributed by atoms with Gasteiger partial charge in [-0.3, -0.25) is 4.79 Å². The van der Waals surface area contributed by atoms with Crippen LogP contribution in [0.1, 0.15) is 46.0 Å². The third-order valence-electron chi connectivity index (χ3n) is 3.85. The number of piperidine rings is 1. The number of likely N-dealkylation sites (tertiary alicyclic amines) is 1. The van der Waals surface area contributed by atoms with E-state index in [2.05, 4.69) is 24.1 Å². The second-order valence-electron chi connectivity index (χ2n) is 6.06. The minimum absolute atomic E-state index is 0.404. The lowest BCUT2D eigenvalue weighted by Gasteiger charge is -2.33. The second kappa shape index (κ2) is 5.85. The van der Waals surface area contributed by atoms with Crippen molar-refractivity contribution in [2.45, 2.75) is 52.0 Å². The van der Waals surface area contributed by atoms with Crippen LogP contribution in [0.25, 0.3) is 0 Å². The number of carbonyl (C=O) groups excluding carboxylic acids is 1. The zero-order valence-corrected chi connectivity index (χ0v) is 11.2. The quantitative estimate of drug-likeness (QED) is 0.795. The second-order valence-corrected chi connectivity index (χ2v) is 6.06. The molecule has 1 aliphatic heterocycles. The average Bonchev–Trinajstić information content (AvgIpc) is 3.10. The lowest BCUT2D eigenvalue weighted by Crippen LogP contribution is -2.43. The highest BCUT2D eigenvalue weighted by Gasteiger charge is 2.29. The summed E-state index contributed by atoms with van der Waals surface area (Å²) in [5.74, 6) is 1.78. The molecule has 1 aliphatic carbocycles. The number of nitrogens with one attached hydrogen (secondary N) is 1. The van der Waals surface area contributed by atoms with Crippen molar-refractivity contribution in [1.82, 2.24) is 10.2 Å². The van der Waals surface area contributed by atoms with Gasteiger partial charge in [-0.1, -0.05) is 13.8 Å². The molecule has 3 nitrogen and oxygen atoms in total. The van der Waals surface area contributed by atoms with Gasteiger partial charge in [0.25, 0.3) is 0 Å². The molecule has 0 bridgehead atoms. The Balaban J connectivity index is 1.73. The number of nitrogens with zero attached hydrogens (tertiary/aromatic N) is 1. The topological polar surface area (TPSA) is 32.3 Å². The Morgan fingerprint density at radius 3 is 2.71 bits per heavy atom. The van der Waals surface area contributed by atoms with Crippen LogP contribution in [-0.2, 0) is 4.79 Å². The summed E-state index contributed by atoms with van der Waals surface area (Å²) >= 11 is 0. The van der Waals surface area contributed by atoms with E-state index in [-0.39, 0.29) is 0 Å². The van der Waals surface area contributed by atoms with Gasteiger partial charge in [-0.15, -0.1) is 0 Å². The third-order valence-corrected chi connectivity index (χ3v) is 3.85. The minimum Gasteiger partial charge on any atom is -0.342 e. The van der Waals surface area contributed by atoms with Crippen LogP contribution in [0.15, 0.2) is 0 Å². The highest BCUT2D eigenvalue weighted by molar-refractivity contribution is 5.76. The molecule has 1 saturated heterocycles. The van der Waals surface area contributed by atoms with Crippen molar-refractivity contribution < 1.29 is 4.79 Å². The van der Waals surface area contributed by atoms with E-state index >= 15 is 0 Å². The molecule has 1 amide bonds. The Morgan fingerprint density at radius 1 is 1.29 bits per heavy atom. The highest BCUT2D eigenvalue weighted by atomic mass is 16.2. The fraction of sp³-hybridized carbons (Fsp3) is 0.929. The van der Waals surface area contributed by atoms with Gasteiger partial charge in [0.1, 0.15) is 0 Å². The van der Waals surface area contributed by atoms with Crippen molar-refractivity contribution in [3.8, 4) is 0 Å². The first-order chi connectivity index (χ1) is 8.15. The van der Waals surface area contributed by atoms with Crippen LogP contribution in [0.3, 0.4) is 0 Å². The minimum atomic E-state index is 0.404. The average molecular weight is 238 g/mol. The lowest BCUT2D eigenvalue weighted by molar-refractivity contribution is -0.133. The standard InChI is InChI=1S/C14H26N2O/c1-11(2)15-9-13-4-3-7-16(10-13)14(17)8-12-5-6-12/h11-13,15H,3-10H2,1-2H3. The Kier molecular flexibility index (Phi) is 4.43. The predicted molar refractivity (Wildman–Crippen MR) is 69.8 cm³/mol. The van der Waals surface area contributed by atoms with Crippen molar-refractivity contribution in [2.24, 2.45) is 11.8 Å². The SMILES string of the molecule is CC(C)NCC1CCCN(C(=O)CC2CC2)C1. The summed E-state index contributed by atoms with van der Waals surface area (Å²) < 4.78 is 0. The molecular weight excluding hydrogens is 212 g/mol. The molecule has 1 unspecified atom stereocenters. The molecule has 1 heterocycles. The van der Waals surface area contributed by atoms with Crippen LogP contribution in [0.5, 0.6) is 0 Å². The van der Waals surface area contributed by atoms with Crippen LogP contribution in [0.2, 0.25) is 0 Å². The molecule has 2 aliphatic rings. The van der Waals surface area contributed by atoms with Crippen LogP contribution >= 0.6 is 0 Å². The van der Waals surface area contributed by atoms with Crippen molar-refractivity contribution in [2.75, 3.05) is 19.6 Å². The summed E-state index contributed by atoms with van der Waals surface area (Å²) in [4.78, 5) is 14.1. The molecule has 3 heteroatoms. The third kappa shape index (κ3) is 4.30. The molecule has 17 heavy (non-hydrogen) atoms. The van der Waals surface area contributed by atoms with Gasteiger partial charge in [0.05, 0.1) is 0 Å². The highest BCUT2D eigenvalue weighted by Crippen LogP contribution is 2.33. The van der Waals surface area contributed by atoms with Gasteiger partial charge in [0.2, 0.25) is 5.91 Å². The van der Waals surface area contributed by atoms with Crippen LogP contribution < -0.4 is 5.32 Å². The molecule has 1 atom stereocenters. The Labute approximate surface area is 105 Å². The predicted octanol–water partition coefficient (Wildman–Crippen LogP) is 2.02. The number of rotatable bonds is 5. The largest absolute Gasteiger partial charge is 0.342 e. The van der Waals surface area contributed by atoms with Crippen molar-refractivity contribution >= 4 is 5.91 Å². The van der Waals surface area contributed by atoms with Gasteiger partial charge in [0, 0.05) is 25.6 Å². The first kappa shape index (κ1) is 12.9. The first-order valence-corrected chi connectivity index (χ1v) is 7.16. The van der Waals surface area contributed by atoms with Gasteiger partial charge in [-0.05, 0) is 44.1 Å². The van der Waals surface area contributed by atoms with E-state index in [9.17, 15) is 4.79 Å². The summed E-state index contributed by atoms with van der Waals surface area (Å²) in [7, 11) is 0. The van der Waals surface area contributed by atoms with E-state index < -0.39 is 0 Å². The number of carbonyl (C=O) groups is 1. The van der Waals surface area contributed by atoms with E-state index in [1.54, 1.807) is 0 Å². The van der Waals surface area contributed by atoms with E-state index in [0.29, 0.717) is 17.9 Å². The van der Waals surface area contributed by atoms with Gasteiger partial charge in [0.15, 0.2) is 0 Å². The maximum absolute atomic E-state index is 12.0. The maximum atomic E-state index is 12.0. The van der Waals surface area contributed by atoms with E-state index in [1.807, 2.05) is 0 Å². The fourth-order valence-corrected chi connectivity index (χ4v) is 2.56. The number of hydrogen-bond acceptors (Lipinski definition) is 2. The molecule has 98 valence electrons. The zero-order chi connectivity index (χ0) is 12.3. The van der Waals surface area contributed by atoms with Gasteiger partial charge in [-0.2, -0.15) is 0 Å². The van der Waals surface area contributed by atoms with Crippen LogP contribution in [0.4, 0.5) is 0 Å². The van der Waals surface area contributed by atoms with Crippen molar-refractivity contribution in [1.29, 1.82) is 0 Å². The van der Waals surface area contributed by atoms with Crippen molar-refractivity contribution in [3.05, 3.63) is 0 Å². The molecule has 2 rings (SSSR count). The maximum Gasteiger partial charge on any atom is 0.222 e. The molecular formula is C14H26N2O. The Morgan fingerprint density at radius 2 is 2.06 bits per heavy atom. The molecule has 1 N–H and O–H groups in total. The summed E-state index contributed by atoms with van der Waals surface area (Å²) in [6.45, 7) is 7.39. The number of hydrogen-bond donors (Lipinski definition) is 1. The molecule has 1 saturated carbocycles. The van der Waals surface area contributed by atoms with Gasteiger partial charge >= 0.3 is 0 Å². The van der Waals surface area contributed by atoms with E-state index in [0.717, 1.165) is 32.0 Å². The molecule has 0 aromatic rings. The van der Waals surface area contributed by atoms with Crippen LogP contribution in [0, 0.1) is 11.8 Å². The summed E-state index contributed by atoms with van der Waals surface area (Å²) in [5.41, 5.74) is 0. The van der Waals surface area contributed by atoms with E-state index in [1.165, 1.54) is 25.7 Å². The van der Waals surface area contributed by atoms with Crippen LogP contribution in [-0.4, -0.2) is 36.5 Å². The van der Waals surface area contributed by atoms with E-state index in [4.69, 9.17) is 0 Å². The zero-order valence-electron chi connectivity index (χ0n) is 11.2. The van der Waals surface area contributed by atoms with Crippen molar-refractivity contribution in [3.63, 3.8) is 0 Å². The summed E-state index contributed by atoms with van der Waals surface area (Å²) in [6, 6.07) is 0.549. The lowest BCUT2D eigenvalue weighted by atomic mass is 9.97. The normalized spacial score (nSPS) is 25.4. The number of amides is 1. The Bertz CT molecular complexity index is 261.